The summed E-state index contributed by atoms with van der Waals surface area (Å²) in [6.07, 6.45) is 7.01. The molecule has 6 aliphatic heterocycles. The van der Waals surface area contributed by atoms with Gasteiger partial charge < -0.3 is 28.6 Å². The molecular weight excluding hydrogens is 493 g/mol. The first-order valence-electron chi connectivity index (χ1n) is 14.9. The van der Waals surface area contributed by atoms with E-state index >= 15 is 0 Å². The summed E-state index contributed by atoms with van der Waals surface area (Å²) >= 11 is 0. The van der Waals surface area contributed by atoms with Gasteiger partial charge in [-0.25, -0.2) is 0 Å². The Hall–Kier alpha value is -2.07. The van der Waals surface area contributed by atoms with Gasteiger partial charge >= 0.3 is 7.12 Å². The molecule has 1 aromatic rings. The van der Waals surface area contributed by atoms with Crippen LogP contribution in [0.25, 0.3) is 0 Å². The first-order valence-corrected chi connectivity index (χ1v) is 14.9. The molecule has 0 aromatic heterocycles. The van der Waals surface area contributed by atoms with Crippen LogP contribution in [-0.4, -0.2) is 91.1 Å². The number of anilines is 1. The molecule has 8 nitrogen and oxygen atoms in total. The molecule has 1 amide bonds. The van der Waals surface area contributed by atoms with Gasteiger partial charge in [-0.2, -0.15) is 0 Å². The van der Waals surface area contributed by atoms with Crippen molar-refractivity contribution >= 4 is 24.2 Å². The molecule has 0 N–H and O–H groups in total. The van der Waals surface area contributed by atoms with Gasteiger partial charge in [0.25, 0.3) is 0 Å². The van der Waals surface area contributed by atoms with Crippen LogP contribution in [-0.2, 0) is 29.0 Å². The molecule has 4 saturated heterocycles. The molecule has 1 saturated carbocycles. The van der Waals surface area contributed by atoms with Crippen molar-refractivity contribution in [1.82, 2.24) is 9.80 Å². The van der Waals surface area contributed by atoms with E-state index in [1.54, 1.807) is 0 Å². The summed E-state index contributed by atoms with van der Waals surface area (Å²) < 4.78 is 24.0. The van der Waals surface area contributed by atoms with Crippen molar-refractivity contribution in [2.45, 2.75) is 101 Å². The molecule has 8 rings (SSSR count). The molecular formula is C30H40BN3O5. The summed E-state index contributed by atoms with van der Waals surface area (Å²) in [6.45, 7) is 12.7. The number of fused-ring (bicyclic) bond motifs is 4. The van der Waals surface area contributed by atoms with Crippen LogP contribution in [0.2, 0.25) is 0 Å². The second kappa shape index (κ2) is 8.24. The van der Waals surface area contributed by atoms with Gasteiger partial charge in [-0.1, -0.05) is 12.1 Å². The maximum atomic E-state index is 14.5. The molecule has 1 atom stereocenters. The Morgan fingerprint density at radius 2 is 1.62 bits per heavy atom. The van der Waals surface area contributed by atoms with Crippen molar-refractivity contribution in [2.75, 3.05) is 37.8 Å². The average molecular weight is 533 g/mol. The van der Waals surface area contributed by atoms with Crippen LogP contribution >= 0.6 is 0 Å². The van der Waals surface area contributed by atoms with Crippen molar-refractivity contribution < 1.29 is 23.6 Å². The lowest BCUT2D eigenvalue weighted by molar-refractivity contribution is -0.128. The molecule has 1 aliphatic carbocycles. The lowest BCUT2D eigenvalue weighted by Crippen LogP contribution is -2.59. The largest absolute Gasteiger partial charge is 0.494 e. The van der Waals surface area contributed by atoms with E-state index in [1.165, 1.54) is 5.56 Å². The Balaban J connectivity index is 1.10. The first-order chi connectivity index (χ1) is 18.7. The normalized spacial score (nSPS) is 34.3. The third-order valence-electron chi connectivity index (χ3n) is 11.2. The number of amides is 1. The van der Waals surface area contributed by atoms with Gasteiger partial charge in [0.1, 0.15) is 12.4 Å². The third kappa shape index (κ3) is 3.49. The highest BCUT2D eigenvalue weighted by molar-refractivity contribution is 6.62. The first kappa shape index (κ1) is 24.7. The molecule has 6 heterocycles. The van der Waals surface area contributed by atoms with Crippen LogP contribution < -0.4 is 10.4 Å². The average Bonchev–Trinajstić information content (AvgIpc) is 3.57. The highest BCUT2D eigenvalue weighted by atomic mass is 16.7. The third-order valence-corrected chi connectivity index (χ3v) is 11.2. The smallest absolute Gasteiger partial charge is 0.494 e. The quantitative estimate of drug-likeness (QED) is 0.552. The van der Waals surface area contributed by atoms with Gasteiger partial charge in [0, 0.05) is 30.4 Å². The molecule has 1 aromatic carbocycles. The highest BCUT2D eigenvalue weighted by Crippen LogP contribution is 2.52. The minimum Gasteiger partial charge on any atom is -0.494 e. The number of rotatable bonds is 4. The van der Waals surface area contributed by atoms with Crippen molar-refractivity contribution in [3.63, 3.8) is 0 Å². The van der Waals surface area contributed by atoms with E-state index in [0.717, 1.165) is 81.9 Å². The van der Waals surface area contributed by atoms with Gasteiger partial charge in [0.05, 0.1) is 41.9 Å². The predicted octanol–water partition coefficient (Wildman–Crippen LogP) is 2.54. The Kier molecular flexibility index (Phi) is 5.22. The van der Waals surface area contributed by atoms with E-state index in [-0.39, 0.29) is 6.04 Å². The van der Waals surface area contributed by atoms with Crippen LogP contribution in [0.4, 0.5) is 5.69 Å². The standard InChI is InChI=1S/C30H40BN3O5/c1-28(2)29(3,4)39-31(38-28)19-5-6-25-26(11-19)34(21-12-20(13-21)33-15-24-14-22(33)18-37-24)27(35)30(25)7-9-32(10-8-30)23-16-36-17-23/h5-6,11,15,20-23H,7-10,12-14,16-18H2,1-4H3/t20-,21+,22?. The zero-order valence-corrected chi connectivity index (χ0v) is 23.7. The number of carbonyl (C=O) groups is 1. The van der Waals surface area contributed by atoms with Crippen LogP contribution in [0.3, 0.4) is 0 Å². The number of nitrogens with zero attached hydrogens (tertiary/aromatic N) is 3. The number of likely N-dealkylation sites (tertiary alicyclic amines) is 1. The van der Waals surface area contributed by atoms with Crippen LogP contribution in [0.15, 0.2) is 30.2 Å². The van der Waals surface area contributed by atoms with Crippen molar-refractivity contribution in [2.24, 2.45) is 0 Å². The van der Waals surface area contributed by atoms with Gasteiger partial charge in [0.15, 0.2) is 0 Å². The molecule has 0 radical (unpaired) electrons. The van der Waals surface area contributed by atoms with Crippen molar-refractivity contribution in [1.29, 1.82) is 0 Å². The van der Waals surface area contributed by atoms with Gasteiger partial charge in [-0.15, -0.1) is 0 Å². The Labute approximate surface area is 231 Å². The summed E-state index contributed by atoms with van der Waals surface area (Å²) in [7, 11) is -0.435. The number of ether oxygens (including phenoxy) is 2. The molecule has 5 fully saturated rings. The number of hydrogen-bond acceptors (Lipinski definition) is 7. The highest BCUT2D eigenvalue weighted by Gasteiger charge is 2.57. The van der Waals surface area contributed by atoms with Crippen molar-refractivity contribution in [3.8, 4) is 0 Å². The van der Waals surface area contributed by atoms with Gasteiger partial charge in [0.2, 0.25) is 5.91 Å². The van der Waals surface area contributed by atoms with Crippen LogP contribution in [0, 0.1) is 0 Å². The SMILES string of the molecule is CC1(C)OB(c2ccc3c(c2)N([C@H]2C[C@@H](N4C=C5CC4CO5)C2)C(=O)C32CCN(C3COC3)CC2)OC1(C)C. The minimum atomic E-state index is -0.435. The van der Waals surface area contributed by atoms with E-state index in [1.807, 2.05) is 0 Å². The van der Waals surface area contributed by atoms with Crippen LogP contribution in [0.1, 0.15) is 65.4 Å². The summed E-state index contributed by atoms with van der Waals surface area (Å²) in [5.74, 6) is 1.43. The van der Waals surface area contributed by atoms with Crippen molar-refractivity contribution in [3.05, 3.63) is 35.7 Å². The summed E-state index contributed by atoms with van der Waals surface area (Å²) in [5, 5.41) is 0. The Morgan fingerprint density at radius 3 is 2.21 bits per heavy atom. The summed E-state index contributed by atoms with van der Waals surface area (Å²) in [5.41, 5.74) is 2.05. The molecule has 1 unspecified atom stereocenters. The fourth-order valence-electron chi connectivity index (χ4n) is 7.81. The topological polar surface area (TPSA) is 63.7 Å². The molecule has 39 heavy (non-hydrogen) atoms. The van der Waals surface area contributed by atoms with E-state index in [2.05, 4.69) is 66.8 Å². The molecule has 9 heteroatoms. The fourth-order valence-corrected chi connectivity index (χ4v) is 7.81. The van der Waals surface area contributed by atoms with Gasteiger partial charge in [-0.3, -0.25) is 9.69 Å². The maximum absolute atomic E-state index is 14.5. The molecule has 1 spiro atoms. The molecule has 7 aliphatic rings. The maximum Gasteiger partial charge on any atom is 0.494 e. The molecule has 208 valence electrons. The van der Waals surface area contributed by atoms with E-state index in [9.17, 15) is 4.79 Å². The second-order valence-corrected chi connectivity index (χ2v) is 13.8. The lowest BCUT2D eigenvalue weighted by Gasteiger charge is -2.48. The zero-order chi connectivity index (χ0) is 26.7. The van der Waals surface area contributed by atoms with Crippen LogP contribution in [0.5, 0.6) is 0 Å². The minimum absolute atomic E-state index is 0.227. The molecule has 2 bridgehead atoms. The number of piperidine rings is 1. The number of carbonyl (C=O) groups excluding carboxylic acids is 1. The summed E-state index contributed by atoms with van der Waals surface area (Å²) in [6, 6.07) is 8.27. The summed E-state index contributed by atoms with van der Waals surface area (Å²) in [4.78, 5) is 21.7. The number of benzene rings is 1. The fraction of sp³-hybridized carbons (Fsp3) is 0.700. The number of hydrogen-bond donors (Lipinski definition) is 0. The van der Waals surface area contributed by atoms with E-state index in [4.69, 9.17) is 18.8 Å². The lowest BCUT2D eigenvalue weighted by atomic mass is 9.71. The predicted molar refractivity (Wildman–Crippen MR) is 148 cm³/mol. The van der Waals surface area contributed by atoms with E-state index < -0.39 is 23.7 Å². The Morgan fingerprint density at radius 1 is 0.897 bits per heavy atom. The zero-order valence-electron chi connectivity index (χ0n) is 23.7. The second-order valence-electron chi connectivity index (χ2n) is 13.8. The van der Waals surface area contributed by atoms with E-state index in [0.29, 0.717) is 24.0 Å². The Bertz CT molecular complexity index is 1210. The van der Waals surface area contributed by atoms with Gasteiger partial charge in [-0.05, 0) is 83.6 Å². The monoisotopic (exact) mass is 533 g/mol.